The quantitative estimate of drug-likeness (QED) is 0.326. The van der Waals surface area contributed by atoms with Gasteiger partial charge in [0.05, 0.1) is 5.69 Å². The number of carbonyl (C=O) groups excluding carboxylic acids is 2. The van der Waals surface area contributed by atoms with Gasteiger partial charge in [-0.2, -0.15) is 12.7 Å². The summed E-state index contributed by atoms with van der Waals surface area (Å²) in [6.07, 6.45) is 0.246. The van der Waals surface area contributed by atoms with Gasteiger partial charge in [0.15, 0.2) is 0 Å². The van der Waals surface area contributed by atoms with Crippen molar-refractivity contribution in [2.24, 2.45) is 0 Å². The standard InChI is InChI=1S/C31H39ClN4O4S/c1-22(2)33-31(38)29(19-25-11-8-7-9-12-25)35(20-26-13-10-14-27(32)18-26)30(37)21-36(41(39,40)34(5)6)28-17-23(3)15-16-24(28)4/h7-18,22,29H,19-21H2,1-6H3,(H,33,38). The molecule has 0 aliphatic heterocycles. The Kier molecular flexibility index (Phi) is 11.0. The van der Waals surface area contributed by atoms with Crippen molar-refractivity contribution in [3.05, 3.63) is 100 Å². The van der Waals surface area contributed by atoms with Gasteiger partial charge in [-0.05, 0) is 68.1 Å². The Morgan fingerprint density at radius 1 is 0.902 bits per heavy atom. The van der Waals surface area contributed by atoms with E-state index < -0.39 is 28.7 Å². The predicted molar refractivity (Wildman–Crippen MR) is 165 cm³/mol. The number of amides is 2. The van der Waals surface area contributed by atoms with E-state index in [0.29, 0.717) is 16.3 Å². The lowest BCUT2D eigenvalue weighted by atomic mass is 10.0. The highest BCUT2D eigenvalue weighted by atomic mass is 35.5. The third-order valence-electron chi connectivity index (χ3n) is 6.60. The first-order valence-corrected chi connectivity index (χ1v) is 15.2. The van der Waals surface area contributed by atoms with Gasteiger partial charge in [-0.1, -0.05) is 66.2 Å². The van der Waals surface area contributed by atoms with Gasteiger partial charge in [0, 0.05) is 38.1 Å². The molecule has 1 atom stereocenters. The average Bonchev–Trinajstić information content (AvgIpc) is 2.90. The zero-order chi connectivity index (χ0) is 30.3. The molecule has 0 aliphatic rings. The molecule has 10 heteroatoms. The smallest absolute Gasteiger partial charge is 0.304 e. The lowest BCUT2D eigenvalue weighted by Crippen LogP contribution is -2.55. The number of anilines is 1. The molecule has 8 nitrogen and oxygen atoms in total. The van der Waals surface area contributed by atoms with E-state index in [9.17, 15) is 18.0 Å². The van der Waals surface area contributed by atoms with Gasteiger partial charge in [0.25, 0.3) is 0 Å². The number of halogens is 1. The summed E-state index contributed by atoms with van der Waals surface area (Å²) in [4.78, 5) is 29.4. The van der Waals surface area contributed by atoms with Gasteiger partial charge in [-0.25, -0.2) is 4.31 Å². The van der Waals surface area contributed by atoms with Crippen LogP contribution in [0.1, 0.15) is 36.1 Å². The van der Waals surface area contributed by atoms with Gasteiger partial charge < -0.3 is 10.2 Å². The fraction of sp³-hybridized carbons (Fsp3) is 0.355. The molecule has 0 saturated carbocycles. The maximum Gasteiger partial charge on any atom is 0.304 e. The summed E-state index contributed by atoms with van der Waals surface area (Å²) < 4.78 is 29.4. The molecule has 220 valence electrons. The van der Waals surface area contributed by atoms with E-state index in [1.165, 1.54) is 19.0 Å². The molecule has 0 bridgehead atoms. The summed E-state index contributed by atoms with van der Waals surface area (Å²) in [5.41, 5.74) is 3.54. The molecule has 2 amide bonds. The zero-order valence-corrected chi connectivity index (χ0v) is 26.0. The summed E-state index contributed by atoms with van der Waals surface area (Å²) in [5.74, 6) is -0.843. The van der Waals surface area contributed by atoms with Crippen molar-refractivity contribution in [2.45, 2.75) is 52.7 Å². The second-order valence-corrected chi connectivity index (χ2v) is 13.1. The summed E-state index contributed by atoms with van der Waals surface area (Å²) in [6, 6.07) is 20.9. The maximum absolute atomic E-state index is 14.3. The number of nitrogens with zero attached hydrogens (tertiary/aromatic N) is 3. The topological polar surface area (TPSA) is 90.0 Å². The molecule has 0 saturated heterocycles. The number of aryl methyl sites for hydroxylation is 2. The van der Waals surface area contributed by atoms with Crippen molar-refractivity contribution < 1.29 is 18.0 Å². The molecule has 1 N–H and O–H groups in total. The molecule has 3 rings (SSSR count). The van der Waals surface area contributed by atoms with Crippen LogP contribution in [0, 0.1) is 13.8 Å². The Morgan fingerprint density at radius 2 is 1.56 bits per heavy atom. The number of hydrogen-bond acceptors (Lipinski definition) is 4. The lowest BCUT2D eigenvalue weighted by Gasteiger charge is -2.35. The molecule has 0 aliphatic carbocycles. The highest BCUT2D eigenvalue weighted by molar-refractivity contribution is 7.90. The third-order valence-corrected chi connectivity index (χ3v) is 8.64. The molecule has 3 aromatic carbocycles. The van der Waals surface area contributed by atoms with Crippen molar-refractivity contribution >= 4 is 39.3 Å². The second kappa shape index (κ2) is 14.0. The predicted octanol–water partition coefficient (Wildman–Crippen LogP) is 4.73. The molecular weight excluding hydrogens is 560 g/mol. The van der Waals surface area contributed by atoms with E-state index in [-0.39, 0.29) is 24.9 Å². The first-order chi connectivity index (χ1) is 19.3. The Morgan fingerprint density at radius 3 is 2.17 bits per heavy atom. The van der Waals surface area contributed by atoms with E-state index in [4.69, 9.17) is 11.6 Å². The third kappa shape index (κ3) is 8.55. The summed E-state index contributed by atoms with van der Waals surface area (Å²) >= 11 is 6.26. The van der Waals surface area contributed by atoms with Gasteiger partial charge in [0.2, 0.25) is 11.8 Å². The van der Waals surface area contributed by atoms with Gasteiger partial charge >= 0.3 is 10.2 Å². The number of nitrogens with one attached hydrogen (secondary N) is 1. The minimum Gasteiger partial charge on any atom is -0.352 e. The van der Waals surface area contributed by atoms with E-state index >= 15 is 0 Å². The largest absolute Gasteiger partial charge is 0.352 e. The molecular formula is C31H39ClN4O4S. The lowest BCUT2D eigenvalue weighted by molar-refractivity contribution is -0.140. The number of hydrogen-bond donors (Lipinski definition) is 1. The van der Waals surface area contributed by atoms with Gasteiger partial charge in [0.1, 0.15) is 12.6 Å². The molecule has 0 fully saturated rings. The number of rotatable bonds is 12. The van der Waals surface area contributed by atoms with E-state index in [1.807, 2.05) is 69.3 Å². The van der Waals surface area contributed by atoms with E-state index in [2.05, 4.69) is 5.32 Å². The molecule has 0 spiro atoms. The Labute approximate surface area is 249 Å². The first-order valence-electron chi connectivity index (χ1n) is 13.4. The molecule has 41 heavy (non-hydrogen) atoms. The van der Waals surface area contributed by atoms with Gasteiger partial charge in [-0.3, -0.25) is 9.59 Å². The Hall–Kier alpha value is -3.40. The van der Waals surface area contributed by atoms with Crippen molar-refractivity contribution in [1.29, 1.82) is 0 Å². The summed E-state index contributed by atoms with van der Waals surface area (Å²) in [6.45, 7) is 6.94. The van der Waals surface area contributed by atoms with Crippen LogP contribution in [-0.2, 0) is 32.8 Å². The van der Waals surface area contributed by atoms with Gasteiger partial charge in [-0.15, -0.1) is 0 Å². The highest BCUT2D eigenvalue weighted by Gasteiger charge is 2.35. The number of benzene rings is 3. The highest BCUT2D eigenvalue weighted by Crippen LogP contribution is 2.26. The van der Waals surface area contributed by atoms with E-state index in [0.717, 1.165) is 25.3 Å². The van der Waals surface area contributed by atoms with Crippen LogP contribution in [0.25, 0.3) is 0 Å². The van der Waals surface area contributed by atoms with Crippen LogP contribution in [0.2, 0.25) is 5.02 Å². The fourth-order valence-corrected chi connectivity index (χ4v) is 5.78. The van der Waals surface area contributed by atoms with E-state index in [1.54, 1.807) is 31.2 Å². The molecule has 0 radical (unpaired) electrons. The van der Waals surface area contributed by atoms with Crippen molar-refractivity contribution in [3.63, 3.8) is 0 Å². The summed E-state index contributed by atoms with van der Waals surface area (Å²) in [7, 11) is -1.21. The van der Waals surface area contributed by atoms with Crippen LogP contribution >= 0.6 is 11.6 Å². The Bertz CT molecular complexity index is 1460. The molecule has 3 aromatic rings. The summed E-state index contributed by atoms with van der Waals surface area (Å²) in [5, 5.41) is 3.44. The van der Waals surface area contributed by atoms with Crippen molar-refractivity contribution in [3.8, 4) is 0 Å². The maximum atomic E-state index is 14.3. The van der Waals surface area contributed by atoms with Crippen LogP contribution in [0.5, 0.6) is 0 Å². The second-order valence-electron chi connectivity index (χ2n) is 10.6. The number of carbonyl (C=O) groups is 2. The SMILES string of the molecule is Cc1ccc(C)c(N(CC(=O)N(Cc2cccc(Cl)c2)C(Cc2ccccc2)C(=O)NC(C)C)S(=O)(=O)N(C)C)c1. The van der Waals surface area contributed by atoms with Crippen LogP contribution < -0.4 is 9.62 Å². The molecule has 0 heterocycles. The van der Waals surface area contributed by atoms with Crippen molar-refractivity contribution in [2.75, 3.05) is 24.9 Å². The van der Waals surface area contributed by atoms with Crippen LogP contribution in [0.4, 0.5) is 5.69 Å². The Balaban J connectivity index is 2.13. The average molecular weight is 599 g/mol. The molecule has 1 unspecified atom stereocenters. The minimum atomic E-state index is -4.07. The normalized spacial score (nSPS) is 12.3. The van der Waals surface area contributed by atoms with Crippen LogP contribution in [0.15, 0.2) is 72.8 Å². The zero-order valence-electron chi connectivity index (χ0n) is 24.5. The monoisotopic (exact) mass is 598 g/mol. The minimum absolute atomic E-state index is 0.0606. The first kappa shape index (κ1) is 32.1. The fourth-order valence-electron chi connectivity index (χ4n) is 4.46. The van der Waals surface area contributed by atoms with Crippen LogP contribution in [0.3, 0.4) is 0 Å². The van der Waals surface area contributed by atoms with Crippen molar-refractivity contribution in [1.82, 2.24) is 14.5 Å². The molecule has 0 aromatic heterocycles. The van der Waals surface area contributed by atoms with Crippen LogP contribution in [-0.4, -0.2) is 62.2 Å².